The molecule has 3 nitrogen and oxygen atoms in total. The lowest BCUT2D eigenvalue weighted by Crippen LogP contribution is -2.28. The number of hydrogen-bond acceptors (Lipinski definition) is 3. The summed E-state index contributed by atoms with van der Waals surface area (Å²) in [5, 5.41) is 12.7. The molecular weight excluding hydrogens is 282 g/mol. The van der Waals surface area contributed by atoms with Crippen LogP contribution in [0.2, 0.25) is 0 Å². The van der Waals surface area contributed by atoms with Gasteiger partial charge in [-0.25, -0.2) is 0 Å². The van der Waals surface area contributed by atoms with Crippen LogP contribution >= 0.6 is 15.9 Å². The number of aliphatic hydroxyl groups excluding tert-OH is 1. The first-order chi connectivity index (χ1) is 8.16. The summed E-state index contributed by atoms with van der Waals surface area (Å²) in [6.07, 6.45) is 1.75. The van der Waals surface area contributed by atoms with Gasteiger partial charge in [-0.1, -0.05) is 22.0 Å². The topological polar surface area (TPSA) is 41.5 Å². The first-order valence-electron chi connectivity index (χ1n) is 6.00. The summed E-state index contributed by atoms with van der Waals surface area (Å²) in [7, 11) is 0. The van der Waals surface area contributed by atoms with E-state index in [0.717, 1.165) is 29.7 Å². The molecule has 1 unspecified atom stereocenters. The number of fused-ring (bicyclic) bond motifs is 1. The van der Waals surface area contributed by atoms with Crippen LogP contribution in [0.3, 0.4) is 0 Å². The van der Waals surface area contributed by atoms with Crippen molar-refractivity contribution < 1.29 is 9.84 Å². The first-order valence-corrected chi connectivity index (χ1v) is 6.80. The SMILES string of the molecule is C[C@@H](O)CNC1CCCOc2cc(Br)ccc21. The van der Waals surface area contributed by atoms with Gasteiger partial charge in [0.2, 0.25) is 0 Å². The summed E-state index contributed by atoms with van der Waals surface area (Å²) in [5.41, 5.74) is 1.19. The highest BCUT2D eigenvalue weighted by Crippen LogP contribution is 2.33. The van der Waals surface area contributed by atoms with Crippen LogP contribution in [0.5, 0.6) is 5.75 Å². The van der Waals surface area contributed by atoms with Gasteiger partial charge in [0.15, 0.2) is 0 Å². The van der Waals surface area contributed by atoms with Crippen molar-refractivity contribution in [1.29, 1.82) is 0 Å². The molecule has 0 spiro atoms. The fourth-order valence-electron chi connectivity index (χ4n) is 2.07. The Morgan fingerprint density at radius 2 is 2.41 bits per heavy atom. The van der Waals surface area contributed by atoms with Crippen molar-refractivity contribution in [3.05, 3.63) is 28.2 Å². The minimum absolute atomic E-state index is 0.273. The number of hydrogen-bond donors (Lipinski definition) is 2. The molecule has 0 aromatic heterocycles. The van der Waals surface area contributed by atoms with Crippen LogP contribution in [0.1, 0.15) is 31.4 Å². The lowest BCUT2D eigenvalue weighted by molar-refractivity contribution is 0.185. The molecule has 17 heavy (non-hydrogen) atoms. The number of ether oxygens (including phenoxy) is 1. The van der Waals surface area contributed by atoms with Crippen molar-refractivity contribution in [2.24, 2.45) is 0 Å². The van der Waals surface area contributed by atoms with E-state index in [1.807, 2.05) is 12.1 Å². The van der Waals surface area contributed by atoms with Gasteiger partial charge in [-0.15, -0.1) is 0 Å². The summed E-state index contributed by atoms with van der Waals surface area (Å²) < 4.78 is 6.77. The normalized spacial score (nSPS) is 21.2. The molecule has 0 aliphatic carbocycles. The Labute approximate surface area is 110 Å². The molecule has 94 valence electrons. The van der Waals surface area contributed by atoms with E-state index < -0.39 is 0 Å². The van der Waals surface area contributed by atoms with Gasteiger partial charge in [-0.3, -0.25) is 0 Å². The highest BCUT2D eigenvalue weighted by Gasteiger charge is 2.19. The second-order valence-corrected chi connectivity index (χ2v) is 5.40. The Balaban J connectivity index is 2.18. The van der Waals surface area contributed by atoms with Gasteiger partial charge in [-0.05, 0) is 31.9 Å². The zero-order valence-corrected chi connectivity index (χ0v) is 11.5. The van der Waals surface area contributed by atoms with Crippen LogP contribution in [0.25, 0.3) is 0 Å². The smallest absolute Gasteiger partial charge is 0.125 e. The third-order valence-corrected chi connectivity index (χ3v) is 3.40. The molecule has 0 saturated heterocycles. The number of aliphatic hydroxyl groups is 1. The van der Waals surface area contributed by atoms with Crippen LogP contribution < -0.4 is 10.1 Å². The zero-order chi connectivity index (χ0) is 12.3. The molecule has 1 aliphatic heterocycles. The van der Waals surface area contributed by atoms with Gasteiger partial charge >= 0.3 is 0 Å². The Bertz CT molecular complexity index is 382. The van der Waals surface area contributed by atoms with Crippen LogP contribution in [0.15, 0.2) is 22.7 Å². The van der Waals surface area contributed by atoms with Crippen molar-refractivity contribution in [2.45, 2.75) is 31.9 Å². The summed E-state index contributed by atoms with van der Waals surface area (Å²) in [6, 6.07) is 6.40. The Morgan fingerprint density at radius 3 is 3.18 bits per heavy atom. The fraction of sp³-hybridized carbons (Fsp3) is 0.538. The fourth-order valence-corrected chi connectivity index (χ4v) is 2.41. The molecule has 0 radical (unpaired) electrons. The van der Waals surface area contributed by atoms with Crippen molar-refractivity contribution in [3.63, 3.8) is 0 Å². The third-order valence-electron chi connectivity index (χ3n) is 2.91. The van der Waals surface area contributed by atoms with Crippen molar-refractivity contribution in [3.8, 4) is 5.75 Å². The molecule has 0 fully saturated rings. The van der Waals surface area contributed by atoms with E-state index in [4.69, 9.17) is 4.74 Å². The number of nitrogens with one attached hydrogen (secondary N) is 1. The Hall–Kier alpha value is -0.580. The molecule has 4 heteroatoms. The summed E-state index contributed by atoms with van der Waals surface area (Å²) >= 11 is 3.46. The van der Waals surface area contributed by atoms with Crippen molar-refractivity contribution in [1.82, 2.24) is 5.32 Å². The molecule has 1 aromatic carbocycles. The predicted octanol–water partition coefficient (Wildman–Crippen LogP) is 2.63. The van der Waals surface area contributed by atoms with Gasteiger partial charge in [0.1, 0.15) is 5.75 Å². The van der Waals surface area contributed by atoms with E-state index >= 15 is 0 Å². The lowest BCUT2D eigenvalue weighted by atomic mass is 10.0. The van der Waals surface area contributed by atoms with E-state index in [1.54, 1.807) is 6.92 Å². The summed E-state index contributed by atoms with van der Waals surface area (Å²) in [6.45, 7) is 3.17. The maximum Gasteiger partial charge on any atom is 0.125 e. The van der Waals surface area contributed by atoms with Gasteiger partial charge in [0, 0.05) is 22.6 Å². The average Bonchev–Trinajstić information content (AvgIpc) is 2.48. The molecule has 1 aromatic rings. The maximum atomic E-state index is 9.34. The quantitative estimate of drug-likeness (QED) is 0.901. The monoisotopic (exact) mass is 299 g/mol. The highest BCUT2D eigenvalue weighted by atomic mass is 79.9. The molecule has 2 rings (SSSR count). The molecule has 0 saturated carbocycles. The molecule has 0 bridgehead atoms. The summed E-state index contributed by atoms with van der Waals surface area (Å²) in [5.74, 6) is 0.944. The second kappa shape index (κ2) is 5.85. The third kappa shape index (κ3) is 3.44. The van der Waals surface area contributed by atoms with E-state index in [-0.39, 0.29) is 12.1 Å². The summed E-state index contributed by atoms with van der Waals surface area (Å²) in [4.78, 5) is 0. The second-order valence-electron chi connectivity index (χ2n) is 4.48. The minimum atomic E-state index is -0.321. The number of rotatable bonds is 3. The van der Waals surface area contributed by atoms with E-state index in [1.165, 1.54) is 5.56 Å². The largest absolute Gasteiger partial charge is 0.493 e. The Kier molecular flexibility index (Phi) is 4.42. The minimum Gasteiger partial charge on any atom is -0.493 e. The highest BCUT2D eigenvalue weighted by molar-refractivity contribution is 9.10. The van der Waals surface area contributed by atoms with Gasteiger partial charge in [0.05, 0.1) is 12.7 Å². The Morgan fingerprint density at radius 1 is 1.59 bits per heavy atom. The van der Waals surface area contributed by atoms with Crippen molar-refractivity contribution in [2.75, 3.05) is 13.2 Å². The number of benzene rings is 1. The molecular formula is C13H18BrNO2. The van der Waals surface area contributed by atoms with Crippen molar-refractivity contribution >= 4 is 15.9 Å². The van der Waals surface area contributed by atoms with Crippen LogP contribution in [-0.2, 0) is 0 Å². The van der Waals surface area contributed by atoms with Crippen LogP contribution in [-0.4, -0.2) is 24.4 Å². The molecule has 1 aliphatic rings. The maximum absolute atomic E-state index is 9.34. The molecule has 2 atom stereocenters. The van der Waals surface area contributed by atoms with Gasteiger partial charge in [0.25, 0.3) is 0 Å². The van der Waals surface area contributed by atoms with Gasteiger partial charge in [-0.2, -0.15) is 0 Å². The zero-order valence-electron chi connectivity index (χ0n) is 9.95. The average molecular weight is 300 g/mol. The standard InChI is InChI=1S/C13H18BrNO2/c1-9(16)8-15-12-3-2-6-17-13-7-10(14)4-5-11(12)13/h4-5,7,9,12,15-16H,2-3,6,8H2,1H3/t9-,12?/m1/s1. The van der Waals surface area contributed by atoms with E-state index in [0.29, 0.717) is 6.54 Å². The molecule has 2 N–H and O–H groups in total. The molecule has 1 heterocycles. The number of halogens is 1. The molecule has 0 amide bonds. The first kappa shape index (κ1) is 12.9. The predicted molar refractivity (Wildman–Crippen MR) is 71.3 cm³/mol. The lowest BCUT2D eigenvalue weighted by Gasteiger charge is -2.19. The van der Waals surface area contributed by atoms with Crippen LogP contribution in [0.4, 0.5) is 0 Å². The van der Waals surface area contributed by atoms with E-state index in [2.05, 4.69) is 27.3 Å². The van der Waals surface area contributed by atoms with E-state index in [9.17, 15) is 5.11 Å². The van der Waals surface area contributed by atoms with Crippen LogP contribution in [0, 0.1) is 0 Å². The van der Waals surface area contributed by atoms with Gasteiger partial charge < -0.3 is 15.2 Å².